The van der Waals surface area contributed by atoms with Gasteiger partial charge in [0, 0.05) is 55.7 Å². The van der Waals surface area contributed by atoms with Gasteiger partial charge in [-0.2, -0.15) is 0 Å². The van der Waals surface area contributed by atoms with E-state index in [0.29, 0.717) is 36.0 Å². The normalized spacial score (nSPS) is 16.8. The standard InChI is InChI=1S/C27H29ClN6O3/c1-17-15-32(10-11-33(17)25(36)16-35)27-29-13-20(14-30-27)19-8-9-22-24(12-19)34(31(3)26(22)37)18(2)21-6-4-5-7-23(21)28/h4-9,12-14,17-18,35H,10-11,15-16H2,1-3H3. The van der Waals surface area contributed by atoms with Crippen LogP contribution in [0.5, 0.6) is 0 Å². The van der Waals surface area contributed by atoms with E-state index in [4.69, 9.17) is 11.6 Å². The Balaban J connectivity index is 1.45. The number of aliphatic hydroxyl groups is 1. The maximum Gasteiger partial charge on any atom is 0.274 e. The molecule has 10 heteroatoms. The second kappa shape index (κ2) is 9.99. The van der Waals surface area contributed by atoms with Crippen LogP contribution < -0.4 is 10.5 Å². The Bertz CT molecular complexity index is 1510. The van der Waals surface area contributed by atoms with E-state index < -0.39 is 6.61 Å². The van der Waals surface area contributed by atoms with Crippen LogP contribution in [0.4, 0.5) is 5.95 Å². The highest BCUT2D eigenvalue weighted by Gasteiger charge is 2.28. The summed E-state index contributed by atoms with van der Waals surface area (Å²) in [6.07, 6.45) is 3.56. The summed E-state index contributed by atoms with van der Waals surface area (Å²) in [6, 6.07) is 13.2. The minimum absolute atomic E-state index is 0.0472. The van der Waals surface area contributed by atoms with Crippen LogP contribution in [-0.4, -0.2) is 67.5 Å². The van der Waals surface area contributed by atoms with Crippen molar-refractivity contribution in [1.82, 2.24) is 24.2 Å². The number of halogens is 1. The van der Waals surface area contributed by atoms with Gasteiger partial charge in [0.2, 0.25) is 11.9 Å². The highest BCUT2D eigenvalue weighted by atomic mass is 35.5. The van der Waals surface area contributed by atoms with Crippen molar-refractivity contribution < 1.29 is 9.90 Å². The molecule has 9 nitrogen and oxygen atoms in total. The Morgan fingerprint density at radius 2 is 1.86 bits per heavy atom. The average molecular weight is 521 g/mol. The second-order valence-electron chi connectivity index (χ2n) is 9.41. The van der Waals surface area contributed by atoms with Gasteiger partial charge in [-0.1, -0.05) is 35.9 Å². The van der Waals surface area contributed by atoms with Crippen molar-refractivity contribution in [2.45, 2.75) is 25.9 Å². The quantitative estimate of drug-likeness (QED) is 0.434. The summed E-state index contributed by atoms with van der Waals surface area (Å²) in [5, 5.41) is 10.5. The van der Waals surface area contributed by atoms with E-state index in [9.17, 15) is 14.7 Å². The van der Waals surface area contributed by atoms with Crippen molar-refractivity contribution in [2.24, 2.45) is 7.05 Å². The zero-order valence-corrected chi connectivity index (χ0v) is 21.8. The molecule has 0 bridgehead atoms. The molecule has 2 unspecified atom stereocenters. The van der Waals surface area contributed by atoms with E-state index >= 15 is 0 Å². The molecule has 1 saturated heterocycles. The van der Waals surface area contributed by atoms with Crippen molar-refractivity contribution in [3.05, 3.63) is 75.8 Å². The third kappa shape index (κ3) is 4.49. The molecule has 1 amide bonds. The van der Waals surface area contributed by atoms with E-state index in [1.807, 2.05) is 65.9 Å². The Hall–Kier alpha value is -3.69. The maximum atomic E-state index is 13.0. The number of benzene rings is 2. The number of rotatable bonds is 5. The molecule has 192 valence electrons. The number of aliphatic hydroxyl groups excluding tert-OH is 1. The molecule has 1 fully saturated rings. The van der Waals surface area contributed by atoms with Crippen LogP contribution in [0.2, 0.25) is 5.02 Å². The summed E-state index contributed by atoms with van der Waals surface area (Å²) in [5.41, 5.74) is 3.40. The van der Waals surface area contributed by atoms with Crippen molar-refractivity contribution in [3.63, 3.8) is 0 Å². The first-order valence-electron chi connectivity index (χ1n) is 12.2. The van der Waals surface area contributed by atoms with E-state index in [0.717, 1.165) is 22.2 Å². The molecule has 2 aromatic carbocycles. The summed E-state index contributed by atoms with van der Waals surface area (Å²) in [7, 11) is 1.77. The van der Waals surface area contributed by atoms with Gasteiger partial charge in [-0.05, 0) is 43.2 Å². The highest BCUT2D eigenvalue weighted by Crippen LogP contribution is 2.30. The molecule has 1 aliphatic rings. The lowest BCUT2D eigenvalue weighted by Gasteiger charge is -2.39. The summed E-state index contributed by atoms with van der Waals surface area (Å²) < 4.78 is 3.59. The van der Waals surface area contributed by atoms with Crippen molar-refractivity contribution >= 4 is 34.4 Å². The summed E-state index contributed by atoms with van der Waals surface area (Å²) in [5.74, 6) is 0.332. The topological polar surface area (TPSA) is 96.5 Å². The minimum Gasteiger partial charge on any atom is -0.387 e. The van der Waals surface area contributed by atoms with Gasteiger partial charge in [-0.15, -0.1) is 0 Å². The molecule has 0 aliphatic carbocycles. The number of hydrogen-bond acceptors (Lipinski definition) is 6. The molecule has 4 aromatic rings. The van der Waals surface area contributed by atoms with Gasteiger partial charge >= 0.3 is 0 Å². The Morgan fingerprint density at radius 1 is 1.14 bits per heavy atom. The molecule has 37 heavy (non-hydrogen) atoms. The minimum atomic E-state index is -0.480. The fourth-order valence-electron chi connectivity index (χ4n) is 5.16. The number of piperazine rings is 1. The number of hydrogen-bond donors (Lipinski definition) is 1. The lowest BCUT2D eigenvalue weighted by atomic mass is 10.1. The predicted octanol–water partition coefficient (Wildman–Crippen LogP) is 3.09. The SMILES string of the molecule is CC1CN(c2ncc(-c3ccc4c(=O)n(C)n(C(C)c5ccccc5Cl)c4c3)cn2)CCN1C(=O)CO. The summed E-state index contributed by atoms with van der Waals surface area (Å²) in [6.45, 7) is 5.19. The third-order valence-electron chi connectivity index (χ3n) is 7.15. The van der Waals surface area contributed by atoms with Crippen LogP contribution in [0.3, 0.4) is 0 Å². The molecule has 0 radical (unpaired) electrons. The first-order valence-corrected chi connectivity index (χ1v) is 12.6. The smallest absolute Gasteiger partial charge is 0.274 e. The third-order valence-corrected chi connectivity index (χ3v) is 7.50. The van der Waals surface area contributed by atoms with Crippen LogP contribution in [0, 0.1) is 0 Å². The highest BCUT2D eigenvalue weighted by molar-refractivity contribution is 6.31. The van der Waals surface area contributed by atoms with E-state index in [1.165, 1.54) is 0 Å². The Labute approximate surface area is 219 Å². The molecule has 5 rings (SSSR count). The molecule has 1 aliphatic heterocycles. The van der Waals surface area contributed by atoms with Crippen LogP contribution in [0.25, 0.3) is 22.0 Å². The number of fused-ring (bicyclic) bond motifs is 1. The van der Waals surface area contributed by atoms with Gasteiger partial charge in [0.25, 0.3) is 5.56 Å². The van der Waals surface area contributed by atoms with Crippen LogP contribution in [-0.2, 0) is 11.8 Å². The van der Waals surface area contributed by atoms with Crippen molar-refractivity contribution in [3.8, 4) is 11.1 Å². The molecule has 0 saturated carbocycles. The van der Waals surface area contributed by atoms with Crippen molar-refractivity contribution in [1.29, 1.82) is 0 Å². The fourth-order valence-corrected chi connectivity index (χ4v) is 5.46. The lowest BCUT2D eigenvalue weighted by molar-refractivity contribution is -0.136. The van der Waals surface area contributed by atoms with E-state index in [2.05, 4.69) is 9.97 Å². The second-order valence-corrected chi connectivity index (χ2v) is 9.82. The van der Waals surface area contributed by atoms with Gasteiger partial charge in [0.1, 0.15) is 6.61 Å². The number of carbonyl (C=O) groups excluding carboxylic acids is 1. The van der Waals surface area contributed by atoms with E-state index in [1.54, 1.807) is 29.0 Å². The molecular weight excluding hydrogens is 492 g/mol. The molecule has 2 aromatic heterocycles. The maximum absolute atomic E-state index is 13.0. The first-order chi connectivity index (χ1) is 17.8. The molecule has 2 atom stereocenters. The van der Waals surface area contributed by atoms with E-state index in [-0.39, 0.29) is 23.6 Å². The first kappa shape index (κ1) is 25.0. The number of anilines is 1. The molecule has 0 spiro atoms. The van der Waals surface area contributed by atoms with Gasteiger partial charge in [-0.25, -0.2) is 9.97 Å². The van der Waals surface area contributed by atoms with Crippen LogP contribution in [0.15, 0.2) is 59.7 Å². The zero-order valence-electron chi connectivity index (χ0n) is 21.0. The predicted molar refractivity (Wildman–Crippen MR) is 144 cm³/mol. The Kier molecular flexibility index (Phi) is 6.74. The summed E-state index contributed by atoms with van der Waals surface area (Å²) in [4.78, 5) is 37.8. The average Bonchev–Trinajstić information content (AvgIpc) is 3.17. The fraction of sp³-hybridized carbons (Fsp3) is 0.333. The van der Waals surface area contributed by atoms with Gasteiger partial charge in [0.15, 0.2) is 0 Å². The molecule has 1 N–H and O–H groups in total. The monoisotopic (exact) mass is 520 g/mol. The number of carbonyl (C=O) groups is 1. The lowest BCUT2D eigenvalue weighted by Crippen LogP contribution is -2.55. The van der Waals surface area contributed by atoms with Gasteiger partial charge in [-0.3, -0.25) is 19.0 Å². The van der Waals surface area contributed by atoms with Crippen LogP contribution in [0.1, 0.15) is 25.5 Å². The Morgan fingerprint density at radius 3 is 2.54 bits per heavy atom. The summed E-state index contributed by atoms with van der Waals surface area (Å²) >= 11 is 6.47. The van der Waals surface area contributed by atoms with Gasteiger partial charge < -0.3 is 14.9 Å². The van der Waals surface area contributed by atoms with Gasteiger partial charge in [0.05, 0.1) is 16.9 Å². The number of aromatic nitrogens is 4. The van der Waals surface area contributed by atoms with Crippen LogP contribution >= 0.6 is 11.6 Å². The molecule has 3 heterocycles. The number of nitrogens with zero attached hydrogens (tertiary/aromatic N) is 6. The molecular formula is C27H29ClN6O3. The zero-order chi connectivity index (χ0) is 26.3. The van der Waals surface area contributed by atoms with Crippen molar-refractivity contribution in [2.75, 3.05) is 31.1 Å². The largest absolute Gasteiger partial charge is 0.387 e. The number of amides is 1.